The van der Waals surface area contributed by atoms with E-state index in [1.165, 1.54) is 0 Å². The minimum Gasteiger partial charge on any atom is -0.432 e. The summed E-state index contributed by atoms with van der Waals surface area (Å²) in [6, 6.07) is 19.6. The molecular weight excluding hydrogens is 406 g/mol. The van der Waals surface area contributed by atoms with Gasteiger partial charge in [-0.15, -0.1) is 0 Å². The summed E-state index contributed by atoms with van der Waals surface area (Å²) < 4.78 is 12.7. The number of rotatable bonds is 4. The summed E-state index contributed by atoms with van der Waals surface area (Å²) in [4.78, 5) is 25.1. The van der Waals surface area contributed by atoms with Gasteiger partial charge < -0.3 is 9.47 Å². The second kappa shape index (κ2) is 10.8. The Hall–Kier alpha value is -3.35. The van der Waals surface area contributed by atoms with Crippen LogP contribution in [-0.4, -0.2) is 33.9 Å². The molecule has 0 atom stereocenters. The van der Waals surface area contributed by atoms with E-state index in [0.717, 1.165) is 11.1 Å². The first-order chi connectivity index (χ1) is 14.9. The number of amides is 2. The molecule has 0 radical (unpaired) electrons. The third-order valence-electron chi connectivity index (χ3n) is 3.99. The van der Waals surface area contributed by atoms with Crippen molar-refractivity contribution in [1.29, 1.82) is 0 Å². The first-order valence-electron chi connectivity index (χ1n) is 10.6. The Labute approximate surface area is 190 Å². The number of nitrogens with one attached hydrogen (secondary N) is 2. The molecule has 0 aromatic heterocycles. The average molecular weight is 441 g/mol. The minimum atomic E-state index is -0.690. The van der Waals surface area contributed by atoms with Gasteiger partial charge in [0.25, 0.3) is 0 Å². The van der Waals surface area contributed by atoms with Gasteiger partial charge in [0, 0.05) is 0 Å². The molecule has 7 heteroatoms. The molecule has 0 bridgehead atoms. The fourth-order valence-electron chi connectivity index (χ4n) is 2.81. The zero-order valence-electron chi connectivity index (χ0n) is 19.8. The maximum atomic E-state index is 12.6. The number of hydrogen-bond donors (Lipinski definition) is 2. The van der Waals surface area contributed by atoms with Crippen molar-refractivity contribution in [3.8, 4) is 0 Å². The molecule has 0 aliphatic rings. The predicted octanol–water partition coefficient (Wildman–Crippen LogP) is 4.80. The van der Waals surface area contributed by atoms with Crippen LogP contribution >= 0.6 is 0 Å². The first kappa shape index (κ1) is 24.9. The summed E-state index contributed by atoms with van der Waals surface area (Å²) in [7, 11) is 0. The van der Waals surface area contributed by atoms with Gasteiger partial charge in [-0.2, -0.15) is 10.6 Å². The standard InChI is InChI=1S/C25H33N3O4/c1-24(2,3)31-22(29)26-21(27-23(30)32-25(4,5)6)28(17-19-13-9-7-10-14-19)18-20-15-11-8-12-16-20/h7-16H,17-18H2,1-6H3,(H,26,27,29,30)/p+1. The normalized spacial score (nSPS) is 11.3. The molecule has 2 N–H and O–H groups in total. The van der Waals surface area contributed by atoms with Crippen LogP contribution < -0.4 is 10.6 Å². The molecule has 0 aliphatic carbocycles. The van der Waals surface area contributed by atoms with Gasteiger partial charge in [-0.05, 0) is 52.7 Å². The smallest absolute Gasteiger partial charge is 0.432 e. The number of alkyl carbamates (subject to hydrolysis) is 2. The number of ether oxygens (including phenoxy) is 2. The van der Waals surface area contributed by atoms with Gasteiger partial charge >= 0.3 is 18.1 Å². The molecule has 172 valence electrons. The number of nitrogens with zero attached hydrogens (tertiary/aromatic N) is 1. The Morgan fingerprint density at radius 2 is 1.03 bits per heavy atom. The predicted molar refractivity (Wildman–Crippen MR) is 124 cm³/mol. The molecule has 0 aliphatic heterocycles. The van der Waals surface area contributed by atoms with Crippen molar-refractivity contribution in [3.63, 3.8) is 0 Å². The van der Waals surface area contributed by atoms with Crippen molar-refractivity contribution in [2.24, 2.45) is 0 Å². The molecule has 2 rings (SSSR count). The molecule has 0 spiro atoms. The van der Waals surface area contributed by atoms with Crippen molar-refractivity contribution in [1.82, 2.24) is 10.6 Å². The Morgan fingerprint density at radius 1 is 0.688 bits per heavy atom. The van der Waals surface area contributed by atoms with Crippen molar-refractivity contribution in [2.45, 2.75) is 65.8 Å². The molecule has 0 fully saturated rings. The molecule has 0 saturated carbocycles. The second-order valence-corrected chi connectivity index (χ2v) is 9.43. The van der Waals surface area contributed by atoms with Crippen LogP contribution in [0.5, 0.6) is 0 Å². The zero-order chi connectivity index (χ0) is 23.8. The fourth-order valence-corrected chi connectivity index (χ4v) is 2.81. The summed E-state index contributed by atoms with van der Waals surface area (Å²) in [6.45, 7) is 11.5. The van der Waals surface area contributed by atoms with E-state index in [1.54, 1.807) is 41.5 Å². The van der Waals surface area contributed by atoms with Gasteiger partial charge in [-0.1, -0.05) is 60.7 Å². The zero-order valence-corrected chi connectivity index (χ0v) is 19.8. The molecule has 0 heterocycles. The monoisotopic (exact) mass is 440 g/mol. The Balaban J connectivity index is 2.44. The van der Waals surface area contributed by atoms with E-state index in [1.807, 2.05) is 65.2 Å². The van der Waals surface area contributed by atoms with Gasteiger partial charge in [-0.25, -0.2) is 9.59 Å². The molecule has 0 unspecified atom stereocenters. The lowest BCUT2D eigenvalue weighted by atomic mass is 10.2. The van der Waals surface area contributed by atoms with Gasteiger partial charge in [0.05, 0.1) is 13.1 Å². The van der Waals surface area contributed by atoms with Crippen molar-refractivity contribution >= 4 is 18.1 Å². The quantitative estimate of drug-likeness (QED) is 0.406. The highest BCUT2D eigenvalue weighted by Crippen LogP contribution is 2.10. The van der Waals surface area contributed by atoms with Crippen LogP contribution in [0, 0.1) is 0 Å². The molecule has 2 aromatic carbocycles. The van der Waals surface area contributed by atoms with E-state index in [2.05, 4.69) is 10.6 Å². The van der Waals surface area contributed by atoms with Crippen LogP contribution in [0.3, 0.4) is 0 Å². The lowest BCUT2D eigenvalue weighted by Crippen LogP contribution is -2.51. The highest BCUT2D eigenvalue weighted by molar-refractivity contribution is 5.98. The summed E-state index contributed by atoms with van der Waals surface area (Å²) in [6.07, 6.45) is -1.34. The van der Waals surface area contributed by atoms with Crippen LogP contribution in [0.4, 0.5) is 9.59 Å². The van der Waals surface area contributed by atoms with Gasteiger partial charge in [-0.3, -0.25) is 4.58 Å². The van der Waals surface area contributed by atoms with E-state index in [-0.39, 0.29) is 5.96 Å². The number of hydrogen-bond acceptors (Lipinski definition) is 4. The van der Waals surface area contributed by atoms with E-state index >= 15 is 0 Å². The van der Waals surface area contributed by atoms with E-state index in [4.69, 9.17) is 9.47 Å². The highest BCUT2D eigenvalue weighted by Gasteiger charge is 2.28. The number of guanidine groups is 1. The van der Waals surface area contributed by atoms with Crippen molar-refractivity contribution < 1.29 is 23.6 Å². The molecular formula is C25H34N3O4+. The van der Waals surface area contributed by atoms with E-state index in [0.29, 0.717) is 13.1 Å². The third kappa shape index (κ3) is 9.64. The Kier molecular flexibility index (Phi) is 8.41. The molecule has 0 saturated heterocycles. The summed E-state index contributed by atoms with van der Waals surface area (Å²) in [5, 5.41) is 5.40. The number of carbonyl (C=O) groups excluding carboxylic acids is 2. The summed E-state index contributed by atoms with van der Waals surface area (Å²) in [5.41, 5.74) is 0.645. The van der Waals surface area contributed by atoms with Crippen LogP contribution in [0.2, 0.25) is 0 Å². The molecule has 2 aromatic rings. The number of benzene rings is 2. The first-order valence-corrected chi connectivity index (χ1v) is 10.6. The highest BCUT2D eigenvalue weighted by atomic mass is 16.6. The summed E-state index contributed by atoms with van der Waals surface area (Å²) in [5.74, 6) is 0.182. The van der Waals surface area contributed by atoms with Gasteiger partial charge in [0.15, 0.2) is 0 Å². The summed E-state index contributed by atoms with van der Waals surface area (Å²) >= 11 is 0. The molecule has 7 nitrogen and oxygen atoms in total. The van der Waals surface area contributed by atoms with Crippen LogP contribution in [0.25, 0.3) is 0 Å². The van der Waals surface area contributed by atoms with Gasteiger partial charge in [0.1, 0.15) is 11.2 Å². The average Bonchev–Trinajstić information content (AvgIpc) is 2.65. The van der Waals surface area contributed by atoms with Crippen LogP contribution in [-0.2, 0) is 22.6 Å². The Morgan fingerprint density at radius 3 is 1.34 bits per heavy atom. The maximum absolute atomic E-state index is 12.6. The Bertz CT molecular complexity index is 852. The van der Waals surface area contributed by atoms with E-state index < -0.39 is 23.4 Å². The topological polar surface area (TPSA) is 79.7 Å². The fraction of sp³-hybridized carbons (Fsp3) is 0.400. The van der Waals surface area contributed by atoms with Crippen molar-refractivity contribution in [3.05, 3.63) is 71.8 Å². The van der Waals surface area contributed by atoms with Gasteiger partial charge in [0.2, 0.25) is 0 Å². The maximum Gasteiger partial charge on any atom is 0.476 e. The van der Waals surface area contributed by atoms with Crippen molar-refractivity contribution in [2.75, 3.05) is 0 Å². The second-order valence-electron chi connectivity index (χ2n) is 9.43. The van der Waals surface area contributed by atoms with Crippen LogP contribution in [0.15, 0.2) is 60.7 Å². The minimum absolute atomic E-state index is 0.182. The molecule has 2 amide bonds. The van der Waals surface area contributed by atoms with E-state index in [9.17, 15) is 9.59 Å². The lowest BCUT2D eigenvalue weighted by Gasteiger charge is -2.21. The number of carbonyl (C=O) groups is 2. The largest absolute Gasteiger partial charge is 0.476 e. The SMILES string of the molecule is CC(C)(C)OC(=O)NC(NC(=O)OC(C)(C)C)=[N+](Cc1ccccc1)Cc1ccccc1. The molecule has 32 heavy (non-hydrogen) atoms. The third-order valence-corrected chi connectivity index (χ3v) is 3.99. The lowest BCUT2D eigenvalue weighted by molar-refractivity contribution is -0.563. The van der Waals surface area contributed by atoms with Crippen LogP contribution in [0.1, 0.15) is 52.7 Å².